The Bertz CT molecular complexity index is 1070. The quantitative estimate of drug-likeness (QED) is 0.471. The highest BCUT2D eigenvalue weighted by Gasteiger charge is 2.64. The van der Waals surface area contributed by atoms with Crippen molar-refractivity contribution in [2.75, 3.05) is 0 Å². The molecule has 1 fully saturated rings. The maximum Gasteiger partial charge on any atom is 0.328 e. The van der Waals surface area contributed by atoms with Crippen LogP contribution in [0.3, 0.4) is 0 Å². The highest BCUT2D eigenvalue weighted by molar-refractivity contribution is 6.23. The van der Waals surface area contributed by atoms with E-state index in [-0.39, 0.29) is 17.0 Å². The number of hydrogen-bond acceptors (Lipinski definition) is 6. The zero-order valence-electron chi connectivity index (χ0n) is 12.7. The van der Waals surface area contributed by atoms with Crippen molar-refractivity contribution in [1.82, 2.24) is 20.6 Å². The Hall–Kier alpha value is -3.76. The number of urea groups is 1. The molecule has 0 bridgehead atoms. The predicted octanol–water partition coefficient (Wildman–Crippen LogP) is -1.17. The molecule has 1 unspecified atom stereocenters. The molecule has 0 aliphatic carbocycles. The van der Waals surface area contributed by atoms with Crippen molar-refractivity contribution in [2.45, 2.75) is 11.5 Å². The van der Waals surface area contributed by atoms with Crippen LogP contribution in [0.25, 0.3) is 0 Å². The van der Waals surface area contributed by atoms with Gasteiger partial charge in [-0.2, -0.15) is 0 Å². The van der Waals surface area contributed by atoms with Gasteiger partial charge in [-0.1, -0.05) is 12.1 Å². The van der Waals surface area contributed by atoms with Crippen LogP contribution in [0.2, 0.25) is 0 Å². The summed E-state index contributed by atoms with van der Waals surface area (Å²) in [4.78, 5) is 64.6. The number of halogens is 1. The lowest BCUT2D eigenvalue weighted by Crippen LogP contribution is -2.70. The van der Waals surface area contributed by atoms with E-state index in [0.717, 1.165) is 12.1 Å². The second kappa shape index (κ2) is 5.12. The predicted molar refractivity (Wildman–Crippen MR) is 81.0 cm³/mol. The summed E-state index contributed by atoms with van der Waals surface area (Å²) in [7, 11) is 0. The maximum atomic E-state index is 13.3. The Labute approximate surface area is 142 Å². The minimum absolute atomic E-state index is 0.197. The summed E-state index contributed by atoms with van der Waals surface area (Å²) in [5.41, 5.74) is -4.15. The SMILES string of the molecule is O=C1NC(=O)C2(Oc3[nH]c(=O)[nH]c(=O)c3C2c2ccc(F)cc2)C(=O)N1. The lowest BCUT2D eigenvalue weighted by atomic mass is 9.77. The van der Waals surface area contributed by atoms with Crippen LogP contribution in [0.5, 0.6) is 5.88 Å². The van der Waals surface area contributed by atoms with Crippen LogP contribution in [0.15, 0.2) is 33.9 Å². The van der Waals surface area contributed by atoms with E-state index < -0.39 is 46.4 Å². The second-order valence-electron chi connectivity index (χ2n) is 5.71. The number of hydrogen-bond donors (Lipinski definition) is 4. The van der Waals surface area contributed by atoms with E-state index in [1.165, 1.54) is 12.1 Å². The molecule has 1 saturated heterocycles. The van der Waals surface area contributed by atoms with Gasteiger partial charge in [0.25, 0.3) is 23.0 Å². The highest BCUT2D eigenvalue weighted by atomic mass is 19.1. The summed E-state index contributed by atoms with van der Waals surface area (Å²) in [5.74, 6) is -4.52. The largest absolute Gasteiger partial charge is 0.451 e. The maximum absolute atomic E-state index is 13.3. The molecule has 2 aliphatic heterocycles. The van der Waals surface area contributed by atoms with Gasteiger partial charge in [-0.05, 0) is 17.7 Å². The molecule has 1 spiro atoms. The highest BCUT2D eigenvalue weighted by Crippen LogP contribution is 2.46. The average Bonchev–Trinajstić information content (AvgIpc) is 2.90. The van der Waals surface area contributed by atoms with Crippen LogP contribution >= 0.6 is 0 Å². The summed E-state index contributed by atoms with van der Waals surface area (Å²) in [6.45, 7) is 0. The van der Waals surface area contributed by atoms with E-state index in [4.69, 9.17) is 4.74 Å². The van der Waals surface area contributed by atoms with Crippen molar-refractivity contribution >= 4 is 17.8 Å². The van der Waals surface area contributed by atoms with Crippen molar-refractivity contribution in [2.24, 2.45) is 0 Å². The molecule has 0 saturated carbocycles. The number of amides is 4. The number of H-pyrrole nitrogens is 2. The Morgan fingerprint density at radius 1 is 0.923 bits per heavy atom. The standard InChI is InChI=1S/C15H9FN4O6/c16-6-3-1-5(2-4-6)8-7-9(21)17-13(24)18-10(7)26-15(8)11(22)19-14(25)20-12(15)23/h1-4,8H,(H2,17,18,21,24)(H2,19,20,22,23,25). The Morgan fingerprint density at radius 2 is 1.54 bits per heavy atom. The molecule has 0 radical (unpaired) electrons. The fourth-order valence-corrected chi connectivity index (χ4v) is 3.18. The molecular formula is C15H9FN4O6. The number of aromatic amines is 2. The van der Waals surface area contributed by atoms with Gasteiger partial charge >= 0.3 is 11.7 Å². The van der Waals surface area contributed by atoms with Gasteiger partial charge in [0.15, 0.2) is 0 Å². The van der Waals surface area contributed by atoms with Crippen molar-refractivity contribution in [3.05, 3.63) is 62.0 Å². The summed E-state index contributed by atoms with van der Waals surface area (Å²) in [6.07, 6.45) is 0. The van der Waals surface area contributed by atoms with E-state index in [1.807, 2.05) is 15.6 Å². The molecule has 26 heavy (non-hydrogen) atoms. The molecule has 132 valence electrons. The number of rotatable bonds is 1. The van der Waals surface area contributed by atoms with E-state index >= 15 is 0 Å². The second-order valence-corrected chi connectivity index (χ2v) is 5.71. The molecule has 2 aliphatic rings. The number of aromatic nitrogens is 2. The number of carbonyl (C=O) groups excluding carboxylic acids is 3. The Morgan fingerprint density at radius 3 is 2.15 bits per heavy atom. The van der Waals surface area contributed by atoms with Gasteiger partial charge in [-0.3, -0.25) is 35.0 Å². The fraction of sp³-hybridized carbons (Fsp3) is 0.133. The molecule has 1 aromatic carbocycles. The lowest BCUT2D eigenvalue weighted by molar-refractivity contribution is -0.151. The first kappa shape index (κ1) is 15.7. The number of benzene rings is 1. The molecule has 3 heterocycles. The zero-order valence-corrected chi connectivity index (χ0v) is 12.7. The molecular weight excluding hydrogens is 351 g/mol. The van der Waals surface area contributed by atoms with Crippen LogP contribution in [0.1, 0.15) is 17.0 Å². The monoisotopic (exact) mass is 360 g/mol. The van der Waals surface area contributed by atoms with Crippen molar-refractivity contribution < 1.29 is 23.5 Å². The Balaban J connectivity index is 2.02. The van der Waals surface area contributed by atoms with Crippen molar-refractivity contribution in [3.8, 4) is 5.88 Å². The first-order valence-corrected chi connectivity index (χ1v) is 7.31. The number of ether oxygens (including phenoxy) is 1. The topological polar surface area (TPSA) is 150 Å². The Kier molecular flexibility index (Phi) is 3.10. The summed E-state index contributed by atoms with van der Waals surface area (Å²) < 4.78 is 18.7. The summed E-state index contributed by atoms with van der Waals surface area (Å²) in [5, 5.41) is 3.82. The molecule has 4 N–H and O–H groups in total. The van der Waals surface area contributed by atoms with Gasteiger partial charge in [-0.15, -0.1) is 0 Å². The molecule has 4 rings (SSSR count). The smallest absolute Gasteiger partial charge is 0.328 e. The van der Waals surface area contributed by atoms with Gasteiger partial charge < -0.3 is 4.74 Å². The number of barbiturate groups is 1. The van der Waals surface area contributed by atoms with Crippen LogP contribution in [-0.2, 0) is 9.59 Å². The lowest BCUT2D eigenvalue weighted by Gasteiger charge is -2.33. The third-order valence-corrected chi connectivity index (χ3v) is 4.23. The summed E-state index contributed by atoms with van der Waals surface area (Å²) >= 11 is 0. The van der Waals surface area contributed by atoms with Gasteiger partial charge in [0.05, 0.1) is 11.5 Å². The average molecular weight is 360 g/mol. The molecule has 11 heteroatoms. The molecule has 1 atom stereocenters. The van der Waals surface area contributed by atoms with E-state index in [9.17, 15) is 28.4 Å². The van der Waals surface area contributed by atoms with Crippen molar-refractivity contribution in [3.63, 3.8) is 0 Å². The van der Waals surface area contributed by atoms with E-state index in [0.29, 0.717) is 0 Å². The van der Waals surface area contributed by atoms with Crippen molar-refractivity contribution in [1.29, 1.82) is 0 Å². The van der Waals surface area contributed by atoms with Gasteiger partial charge in [-0.25, -0.2) is 14.0 Å². The molecule has 4 amide bonds. The first-order chi connectivity index (χ1) is 12.3. The number of imide groups is 2. The van der Waals surface area contributed by atoms with E-state index in [2.05, 4.69) is 4.98 Å². The number of carbonyl (C=O) groups is 3. The molecule has 1 aromatic heterocycles. The molecule has 10 nitrogen and oxygen atoms in total. The van der Waals surface area contributed by atoms with Gasteiger partial charge in [0, 0.05) is 0 Å². The first-order valence-electron chi connectivity index (χ1n) is 7.31. The minimum Gasteiger partial charge on any atom is -0.451 e. The fourth-order valence-electron chi connectivity index (χ4n) is 3.18. The minimum atomic E-state index is -2.36. The summed E-state index contributed by atoms with van der Waals surface area (Å²) in [6, 6.07) is 3.63. The zero-order chi connectivity index (χ0) is 18.6. The normalized spacial score (nSPS) is 20.3. The van der Waals surface area contributed by atoms with Crippen LogP contribution in [0.4, 0.5) is 9.18 Å². The van der Waals surface area contributed by atoms with Crippen LogP contribution < -0.4 is 26.6 Å². The molecule has 2 aromatic rings. The third kappa shape index (κ3) is 2.00. The van der Waals surface area contributed by atoms with E-state index in [1.54, 1.807) is 0 Å². The van der Waals surface area contributed by atoms with Gasteiger partial charge in [0.1, 0.15) is 5.82 Å². The third-order valence-electron chi connectivity index (χ3n) is 4.23. The van der Waals surface area contributed by atoms with Crippen LogP contribution in [0, 0.1) is 5.82 Å². The number of nitrogens with one attached hydrogen (secondary N) is 4. The number of fused-ring (bicyclic) bond motifs is 1. The van der Waals surface area contributed by atoms with Crippen LogP contribution in [-0.4, -0.2) is 33.4 Å². The van der Waals surface area contributed by atoms with Gasteiger partial charge in [0.2, 0.25) is 5.88 Å².